The highest BCUT2D eigenvalue weighted by Gasteiger charge is 2.19. The van der Waals surface area contributed by atoms with E-state index in [1.807, 2.05) is 12.1 Å². The van der Waals surface area contributed by atoms with E-state index >= 15 is 0 Å². The van der Waals surface area contributed by atoms with Gasteiger partial charge in [-0.25, -0.2) is 4.39 Å². The van der Waals surface area contributed by atoms with Crippen molar-refractivity contribution < 1.29 is 4.39 Å². The zero-order valence-corrected chi connectivity index (χ0v) is 13.4. The van der Waals surface area contributed by atoms with Crippen LogP contribution >= 0.6 is 0 Å². The van der Waals surface area contributed by atoms with Crippen molar-refractivity contribution in [3.8, 4) is 0 Å². The van der Waals surface area contributed by atoms with E-state index in [9.17, 15) is 4.39 Å². The van der Waals surface area contributed by atoms with Gasteiger partial charge in [0.15, 0.2) is 0 Å². The van der Waals surface area contributed by atoms with Crippen LogP contribution in [0, 0.1) is 5.82 Å². The van der Waals surface area contributed by atoms with Crippen LogP contribution in [0.2, 0.25) is 0 Å². The van der Waals surface area contributed by atoms with Crippen molar-refractivity contribution in [1.82, 2.24) is 10.2 Å². The van der Waals surface area contributed by atoms with E-state index < -0.39 is 0 Å². The molecule has 1 aliphatic heterocycles. The maximum absolute atomic E-state index is 13.1. The lowest BCUT2D eigenvalue weighted by Crippen LogP contribution is -2.39. The Hall–Kier alpha value is -0.930. The third-order valence-electron chi connectivity index (χ3n) is 4.54. The minimum absolute atomic E-state index is 0.154. The Labute approximate surface area is 128 Å². The minimum Gasteiger partial charge on any atom is -0.308 e. The van der Waals surface area contributed by atoms with Gasteiger partial charge in [-0.2, -0.15) is 0 Å². The number of benzene rings is 1. The van der Waals surface area contributed by atoms with Crippen molar-refractivity contribution in [2.45, 2.75) is 58.0 Å². The molecule has 1 aliphatic rings. The molecule has 21 heavy (non-hydrogen) atoms. The molecule has 0 radical (unpaired) electrons. The predicted octanol–water partition coefficient (Wildman–Crippen LogP) is 4.13. The molecule has 0 bridgehead atoms. The molecule has 1 fully saturated rings. The average Bonchev–Trinajstić information content (AvgIpc) is 3.03. The van der Waals surface area contributed by atoms with Gasteiger partial charge in [-0.1, -0.05) is 31.9 Å². The first kappa shape index (κ1) is 16.4. The molecule has 0 spiro atoms. The van der Waals surface area contributed by atoms with Crippen LogP contribution in [0.3, 0.4) is 0 Å². The molecule has 0 amide bonds. The second-order valence-corrected chi connectivity index (χ2v) is 6.25. The minimum atomic E-state index is -0.154. The van der Waals surface area contributed by atoms with E-state index in [1.54, 1.807) is 12.1 Å². The van der Waals surface area contributed by atoms with E-state index in [2.05, 4.69) is 24.1 Å². The molecule has 0 aliphatic carbocycles. The third kappa shape index (κ3) is 5.08. The summed E-state index contributed by atoms with van der Waals surface area (Å²) >= 11 is 0. The lowest BCUT2D eigenvalue weighted by Gasteiger charge is -2.27. The molecular weight excluding hydrogens is 263 g/mol. The Morgan fingerprint density at radius 2 is 1.86 bits per heavy atom. The van der Waals surface area contributed by atoms with Crippen LogP contribution in [0.5, 0.6) is 0 Å². The number of unbranched alkanes of at least 4 members (excludes halogenated alkanes) is 1. The quantitative estimate of drug-likeness (QED) is 0.775. The molecule has 1 heterocycles. The van der Waals surface area contributed by atoms with Crippen molar-refractivity contribution in [1.29, 1.82) is 0 Å². The molecular formula is C18H29FN2. The summed E-state index contributed by atoms with van der Waals surface area (Å²) < 4.78 is 13.1. The van der Waals surface area contributed by atoms with Crippen molar-refractivity contribution >= 4 is 0 Å². The summed E-state index contributed by atoms with van der Waals surface area (Å²) in [5, 5.41) is 3.70. The number of halogens is 1. The van der Waals surface area contributed by atoms with E-state index in [0.29, 0.717) is 12.1 Å². The van der Waals surface area contributed by atoms with Crippen LogP contribution in [0.1, 0.15) is 57.6 Å². The van der Waals surface area contributed by atoms with Crippen LogP contribution < -0.4 is 5.32 Å². The summed E-state index contributed by atoms with van der Waals surface area (Å²) in [5.41, 5.74) is 1.21. The summed E-state index contributed by atoms with van der Waals surface area (Å²) in [6, 6.07) is 7.90. The van der Waals surface area contributed by atoms with Gasteiger partial charge in [0, 0.05) is 18.6 Å². The molecule has 2 unspecified atom stereocenters. The molecule has 3 heteroatoms. The second kappa shape index (κ2) is 8.50. The maximum Gasteiger partial charge on any atom is 0.123 e. The van der Waals surface area contributed by atoms with Crippen LogP contribution in [-0.4, -0.2) is 30.6 Å². The highest BCUT2D eigenvalue weighted by Crippen LogP contribution is 2.20. The fourth-order valence-electron chi connectivity index (χ4n) is 3.11. The van der Waals surface area contributed by atoms with Gasteiger partial charge in [-0.05, 0) is 57.0 Å². The molecule has 2 atom stereocenters. The van der Waals surface area contributed by atoms with Gasteiger partial charge in [0.2, 0.25) is 0 Å². The molecule has 118 valence electrons. The number of hydrogen-bond donors (Lipinski definition) is 1. The van der Waals surface area contributed by atoms with E-state index in [-0.39, 0.29) is 5.82 Å². The number of likely N-dealkylation sites (tertiary alicyclic amines) is 1. The van der Waals surface area contributed by atoms with Crippen molar-refractivity contribution in [2.75, 3.05) is 19.6 Å². The van der Waals surface area contributed by atoms with Gasteiger partial charge in [0.1, 0.15) is 5.82 Å². The standard InChI is InChI=1S/C18H29FN2/c1-3-4-7-18(16-8-10-17(19)11-9-16)20-14-15(2)21-12-5-6-13-21/h8-11,15,18,20H,3-7,12-14H2,1-2H3. The van der Waals surface area contributed by atoms with Crippen LogP contribution in [0.15, 0.2) is 24.3 Å². The van der Waals surface area contributed by atoms with Crippen LogP contribution in [0.4, 0.5) is 4.39 Å². The van der Waals surface area contributed by atoms with Crippen molar-refractivity contribution in [3.05, 3.63) is 35.6 Å². The van der Waals surface area contributed by atoms with Crippen LogP contribution in [0.25, 0.3) is 0 Å². The Morgan fingerprint density at radius 3 is 2.48 bits per heavy atom. The summed E-state index contributed by atoms with van der Waals surface area (Å²) in [5.74, 6) is -0.154. The Balaban J connectivity index is 1.90. The zero-order valence-electron chi connectivity index (χ0n) is 13.4. The lowest BCUT2D eigenvalue weighted by atomic mass is 10.0. The predicted molar refractivity (Wildman–Crippen MR) is 86.9 cm³/mol. The number of hydrogen-bond acceptors (Lipinski definition) is 2. The summed E-state index contributed by atoms with van der Waals surface area (Å²) in [6.45, 7) is 8.00. The monoisotopic (exact) mass is 292 g/mol. The Morgan fingerprint density at radius 1 is 1.19 bits per heavy atom. The molecule has 1 N–H and O–H groups in total. The number of rotatable bonds is 8. The molecule has 2 rings (SSSR count). The topological polar surface area (TPSA) is 15.3 Å². The van der Waals surface area contributed by atoms with Gasteiger partial charge in [-0.15, -0.1) is 0 Å². The Kier molecular flexibility index (Phi) is 6.65. The molecule has 2 nitrogen and oxygen atoms in total. The first-order valence-corrected chi connectivity index (χ1v) is 8.43. The normalized spacial score (nSPS) is 18.8. The molecule has 1 aromatic rings. The molecule has 1 aromatic carbocycles. The lowest BCUT2D eigenvalue weighted by molar-refractivity contribution is 0.244. The summed E-state index contributed by atoms with van der Waals surface area (Å²) in [7, 11) is 0. The first-order chi connectivity index (χ1) is 10.2. The van der Waals surface area contributed by atoms with Gasteiger partial charge < -0.3 is 5.32 Å². The molecule has 0 saturated carbocycles. The fourth-order valence-corrected chi connectivity index (χ4v) is 3.11. The average molecular weight is 292 g/mol. The largest absolute Gasteiger partial charge is 0.308 e. The van der Waals surface area contributed by atoms with Crippen molar-refractivity contribution in [2.24, 2.45) is 0 Å². The number of nitrogens with zero attached hydrogens (tertiary/aromatic N) is 1. The smallest absolute Gasteiger partial charge is 0.123 e. The van der Waals surface area contributed by atoms with Gasteiger partial charge in [-0.3, -0.25) is 4.90 Å². The maximum atomic E-state index is 13.1. The highest BCUT2D eigenvalue weighted by molar-refractivity contribution is 5.19. The highest BCUT2D eigenvalue weighted by atomic mass is 19.1. The van der Waals surface area contributed by atoms with Crippen molar-refractivity contribution in [3.63, 3.8) is 0 Å². The van der Waals surface area contributed by atoms with Crippen LogP contribution in [-0.2, 0) is 0 Å². The fraction of sp³-hybridized carbons (Fsp3) is 0.667. The van der Waals surface area contributed by atoms with E-state index in [4.69, 9.17) is 0 Å². The summed E-state index contributed by atoms with van der Waals surface area (Å²) in [4.78, 5) is 2.56. The molecule has 1 saturated heterocycles. The summed E-state index contributed by atoms with van der Waals surface area (Å²) in [6.07, 6.45) is 6.19. The Bertz CT molecular complexity index is 398. The zero-order chi connectivity index (χ0) is 15.1. The van der Waals surface area contributed by atoms with Gasteiger partial charge in [0.05, 0.1) is 0 Å². The number of nitrogens with one attached hydrogen (secondary N) is 1. The van der Waals surface area contributed by atoms with E-state index in [0.717, 1.165) is 13.0 Å². The van der Waals surface area contributed by atoms with Gasteiger partial charge >= 0.3 is 0 Å². The second-order valence-electron chi connectivity index (χ2n) is 6.25. The van der Waals surface area contributed by atoms with Gasteiger partial charge in [0.25, 0.3) is 0 Å². The third-order valence-corrected chi connectivity index (χ3v) is 4.54. The molecule has 0 aromatic heterocycles. The van der Waals surface area contributed by atoms with E-state index in [1.165, 1.54) is 44.3 Å². The first-order valence-electron chi connectivity index (χ1n) is 8.43. The SMILES string of the molecule is CCCCC(NCC(C)N1CCCC1)c1ccc(F)cc1.